The van der Waals surface area contributed by atoms with Crippen LogP contribution < -0.4 is 11.5 Å². The highest BCUT2D eigenvalue weighted by Gasteiger charge is 1.95. The summed E-state index contributed by atoms with van der Waals surface area (Å²) in [6.45, 7) is 1.94. The first-order chi connectivity index (χ1) is 10.5. The quantitative estimate of drug-likeness (QED) is 0.588. The molecular formula is C19H20N2O. The number of benzene rings is 3. The van der Waals surface area contributed by atoms with Crippen molar-refractivity contribution in [1.82, 2.24) is 0 Å². The van der Waals surface area contributed by atoms with E-state index < -0.39 is 0 Å². The average Bonchev–Trinajstić information content (AvgIpc) is 2.49. The largest absolute Gasteiger partial charge is 0.508 e. The van der Waals surface area contributed by atoms with E-state index in [1.54, 1.807) is 12.1 Å². The number of hydrogen-bond acceptors (Lipinski definition) is 3. The molecule has 0 fully saturated rings. The van der Waals surface area contributed by atoms with Crippen LogP contribution in [0, 0.1) is 6.92 Å². The smallest absolute Gasteiger partial charge is 0.115 e. The van der Waals surface area contributed by atoms with E-state index in [0.29, 0.717) is 5.75 Å². The predicted molar refractivity (Wildman–Crippen MR) is 93.5 cm³/mol. The van der Waals surface area contributed by atoms with Crippen molar-refractivity contribution in [1.29, 1.82) is 0 Å². The first-order valence-electron chi connectivity index (χ1n) is 7.02. The average molecular weight is 292 g/mol. The van der Waals surface area contributed by atoms with E-state index in [1.807, 2.05) is 67.6 Å². The zero-order chi connectivity index (χ0) is 15.9. The van der Waals surface area contributed by atoms with E-state index in [2.05, 4.69) is 0 Å². The van der Waals surface area contributed by atoms with Crippen molar-refractivity contribution < 1.29 is 5.11 Å². The third-order valence-electron chi connectivity index (χ3n) is 3.16. The topological polar surface area (TPSA) is 72.3 Å². The maximum Gasteiger partial charge on any atom is 0.115 e. The van der Waals surface area contributed by atoms with Crippen LogP contribution in [0.25, 0.3) is 11.1 Å². The summed E-state index contributed by atoms with van der Waals surface area (Å²) in [5.41, 5.74) is 16.2. The van der Waals surface area contributed by atoms with E-state index in [9.17, 15) is 0 Å². The van der Waals surface area contributed by atoms with Gasteiger partial charge >= 0.3 is 0 Å². The molecule has 3 heteroatoms. The molecule has 0 saturated carbocycles. The lowest BCUT2D eigenvalue weighted by Crippen LogP contribution is -1.85. The molecule has 0 bridgehead atoms. The summed E-state index contributed by atoms with van der Waals surface area (Å²) >= 11 is 0. The number of phenolic OH excluding ortho intramolecular Hbond substituents is 1. The second kappa shape index (κ2) is 7.18. The number of hydrogen-bond donors (Lipinski definition) is 3. The number of anilines is 2. The molecule has 3 aromatic carbocycles. The van der Waals surface area contributed by atoms with Gasteiger partial charge in [0.05, 0.1) is 0 Å². The van der Waals surface area contributed by atoms with Gasteiger partial charge in [-0.3, -0.25) is 0 Å². The molecule has 0 aliphatic carbocycles. The minimum atomic E-state index is 0.338. The summed E-state index contributed by atoms with van der Waals surface area (Å²) < 4.78 is 0. The van der Waals surface area contributed by atoms with Gasteiger partial charge < -0.3 is 16.6 Å². The van der Waals surface area contributed by atoms with Crippen LogP contribution in [0.4, 0.5) is 11.4 Å². The Labute approximate surface area is 130 Å². The Morgan fingerprint density at radius 1 is 0.682 bits per heavy atom. The number of aryl methyl sites for hydroxylation is 1. The lowest BCUT2D eigenvalue weighted by molar-refractivity contribution is 0.475. The third kappa shape index (κ3) is 4.56. The molecule has 0 saturated heterocycles. The van der Waals surface area contributed by atoms with Crippen LogP contribution in [0.5, 0.6) is 5.75 Å². The first-order valence-corrected chi connectivity index (χ1v) is 7.02. The standard InChI is InChI=1S/C12H12N2.C7H8O/c13-11-5-1-9(2-6-11)10-3-7-12(14)8-4-10;1-6-3-2-4-7(8)5-6/h1-8H,13-14H2;2-5,8H,1H3. The predicted octanol–water partition coefficient (Wildman–Crippen LogP) is 4.22. The molecule has 0 spiro atoms. The van der Waals surface area contributed by atoms with Crippen molar-refractivity contribution in [3.8, 4) is 16.9 Å². The van der Waals surface area contributed by atoms with Crippen molar-refractivity contribution in [3.05, 3.63) is 78.4 Å². The Morgan fingerprint density at radius 2 is 1.14 bits per heavy atom. The summed E-state index contributed by atoms with van der Waals surface area (Å²) in [5, 5.41) is 8.81. The molecule has 3 aromatic rings. The first kappa shape index (κ1) is 15.4. The van der Waals surface area contributed by atoms with Crippen molar-refractivity contribution in [3.63, 3.8) is 0 Å². The van der Waals surface area contributed by atoms with Gasteiger partial charge in [0.1, 0.15) is 5.75 Å². The van der Waals surface area contributed by atoms with Crippen molar-refractivity contribution in [2.75, 3.05) is 11.5 Å². The normalized spacial score (nSPS) is 9.68. The Balaban J connectivity index is 0.000000188. The van der Waals surface area contributed by atoms with E-state index in [1.165, 1.54) is 0 Å². The van der Waals surface area contributed by atoms with Crippen LogP contribution in [-0.4, -0.2) is 5.11 Å². The fourth-order valence-electron chi connectivity index (χ4n) is 1.98. The highest BCUT2D eigenvalue weighted by Crippen LogP contribution is 2.21. The highest BCUT2D eigenvalue weighted by molar-refractivity contribution is 5.67. The van der Waals surface area contributed by atoms with Gasteiger partial charge in [0, 0.05) is 11.4 Å². The van der Waals surface area contributed by atoms with Crippen LogP contribution in [0.15, 0.2) is 72.8 Å². The third-order valence-corrected chi connectivity index (χ3v) is 3.16. The number of rotatable bonds is 1. The van der Waals surface area contributed by atoms with Crippen LogP contribution in [-0.2, 0) is 0 Å². The Morgan fingerprint density at radius 3 is 1.45 bits per heavy atom. The molecule has 0 amide bonds. The van der Waals surface area contributed by atoms with Gasteiger partial charge in [-0.15, -0.1) is 0 Å². The number of nitrogen functional groups attached to an aromatic ring is 2. The summed E-state index contributed by atoms with van der Waals surface area (Å²) in [6, 6.07) is 22.7. The Kier molecular flexibility index (Phi) is 5.04. The second-order valence-corrected chi connectivity index (χ2v) is 5.08. The zero-order valence-corrected chi connectivity index (χ0v) is 12.5. The number of phenols is 1. The van der Waals surface area contributed by atoms with Crippen LogP contribution >= 0.6 is 0 Å². The van der Waals surface area contributed by atoms with Crippen LogP contribution in [0.2, 0.25) is 0 Å². The molecule has 5 N–H and O–H groups in total. The fraction of sp³-hybridized carbons (Fsp3) is 0.0526. The summed E-state index contributed by atoms with van der Waals surface area (Å²) in [4.78, 5) is 0. The molecule has 0 aromatic heterocycles. The van der Waals surface area contributed by atoms with E-state index in [0.717, 1.165) is 28.1 Å². The zero-order valence-electron chi connectivity index (χ0n) is 12.5. The number of aromatic hydroxyl groups is 1. The molecular weight excluding hydrogens is 272 g/mol. The fourth-order valence-corrected chi connectivity index (χ4v) is 1.98. The van der Waals surface area contributed by atoms with E-state index >= 15 is 0 Å². The van der Waals surface area contributed by atoms with Gasteiger partial charge in [-0.2, -0.15) is 0 Å². The molecule has 3 rings (SSSR count). The highest BCUT2D eigenvalue weighted by atomic mass is 16.3. The molecule has 112 valence electrons. The van der Waals surface area contributed by atoms with Crippen molar-refractivity contribution in [2.24, 2.45) is 0 Å². The summed E-state index contributed by atoms with van der Waals surface area (Å²) in [7, 11) is 0. The Bertz CT molecular complexity index is 658. The molecule has 0 aliphatic rings. The monoisotopic (exact) mass is 292 g/mol. The minimum Gasteiger partial charge on any atom is -0.508 e. The van der Waals surface area contributed by atoms with Gasteiger partial charge in [0.25, 0.3) is 0 Å². The van der Waals surface area contributed by atoms with Gasteiger partial charge in [-0.05, 0) is 60.0 Å². The van der Waals surface area contributed by atoms with Crippen LogP contribution in [0.1, 0.15) is 5.56 Å². The minimum absolute atomic E-state index is 0.338. The summed E-state index contributed by atoms with van der Waals surface area (Å²) in [5.74, 6) is 0.338. The van der Waals surface area contributed by atoms with Crippen molar-refractivity contribution in [2.45, 2.75) is 6.92 Å². The molecule has 0 radical (unpaired) electrons. The van der Waals surface area contributed by atoms with Gasteiger partial charge in [0.15, 0.2) is 0 Å². The van der Waals surface area contributed by atoms with Gasteiger partial charge in [-0.1, -0.05) is 36.4 Å². The van der Waals surface area contributed by atoms with E-state index in [-0.39, 0.29) is 0 Å². The SMILES string of the molecule is Cc1cccc(O)c1.Nc1ccc(-c2ccc(N)cc2)cc1. The lowest BCUT2D eigenvalue weighted by atomic mass is 10.1. The van der Waals surface area contributed by atoms with Crippen molar-refractivity contribution >= 4 is 11.4 Å². The molecule has 22 heavy (non-hydrogen) atoms. The molecule has 3 nitrogen and oxygen atoms in total. The lowest BCUT2D eigenvalue weighted by Gasteiger charge is -2.02. The number of nitrogens with two attached hydrogens (primary N) is 2. The maximum atomic E-state index is 8.81. The second-order valence-electron chi connectivity index (χ2n) is 5.08. The van der Waals surface area contributed by atoms with Gasteiger partial charge in [0.2, 0.25) is 0 Å². The summed E-state index contributed by atoms with van der Waals surface area (Å²) in [6.07, 6.45) is 0. The molecule has 0 atom stereocenters. The van der Waals surface area contributed by atoms with E-state index in [4.69, 9.17) is 16.6 Å². The molecule has 0 unspecified atom stereocenters. The Hall–Kier alpha value is -2.94. The van der Waals surface area contributed by atoms with Gasteiger partial charge in [-0.25, -0.2) is 0 Å². The molecule has 0 aliphatic heterocycles. The van der Waals surface area contributed by atoms with Crippen LogP contribution in [0.3, 0.4) is 0 Å². The maximum absolute atomic E-state index is 8.81. The molecule has 0 heterocycles.